The average Bonchev–Trinajstić information content (AvgIpc) is 3.22. The van der Waals surface area contributed by atoms with Crippen molar-refractivity contribution in [2.75, 3.05) is 14.2 Å². The quantitative estimate of drug-likeness (QED) is 0.321. The predicted octanol–water partition coefficient (Wildman–Crippen LogP) is 4.11. The van der Waals surface area contributed by atoms with E-state index in [1.165, 1.54) is 55.9 Å². The van der Waals surface area contributed by atoms with Crippen LogP contribution >= 0.6 is 11.3 Å². The Balaban J connectivity index is 2.09. The van der Waals surface area contributed by atoms with Crippen molar-refractivity contribution in [1.82, 2.24) is 0 Å². The molecule has 1 heterocycles. The van der Waals surface area contributed by atoms with Crippen LogP contribution in [0.3, 0.4) is 0 Å². The van der Waals surface area contributed by atoms with Gasteiger partial charge in [0.05, 0.1) is 19.1 Å². The van der Waals surface area contributed by atoms with E-state index in [9.17, 15) is 18.5 Å². The highest BCUT2D eigenvalue weighted by atomic mass is 32.2. The van der Waals surface area contributed by atoms with Gasteiger partial charge in [-0.15, -0.1) is 11.3 Å². The lowest BCUT2D eigenvalue weighted by atomic mass is 10.1. The minimum absolute atomic E-state index is 0.0297. The third-order valence-corrected chi connectivity index (χ3v) is 5.96. The van der Waals surface area contributed by atoms with Crippen molar-refractivity contribution < 1.29 is 27.0 Å². The molecule has 0 unspecified atom stereocenters. The molecule has 0 amide bonds. The number of ether oxygens (including phenoxy) is 2. The first kappa shape index (κ1) is 19.6. The van der Waals surface area contributed by atoms with E-state index in [2.05, 4.69) is 0 Å². The fourth-order valence-corrected chi connectivity index (χ4v) is 4.35. The maximum atomic E-state index is 12.9. The molecule has 3 aromatic rings. The SMILES string of the molecule is COc1ccc(OC)c(S(=O)(=O)Oc2ccc([N+](=O)[O-])cc2-c2cccs2)c1. The van der Waals surface area contributed by atoms with Gasteiger partial charge in [0.2, 0.25) is 0 Å². The summed E-state index contributed by atoms with van der Waals surface area (Å²) in [4.78, 5) is 11.0. The van der Waals surface area contributed by atoms with Crippen molar-refractivity contribution in [3.63, 3.8) is 0 Å². The van der Waals surface area contributed by atoms with Crippen molar-refractivity contribution in [3.8, 4) is 27.7 Å². The summed E-state index contributed by atoms with van der Waals surface area (Å²) < 4.78 is 41.3. The van der Waals surface area contributed by atoms with Gasteiger partial charge in [-0.3, -0.25) is 10.1 Å². The number of nitro groups is 1. The molecule has 0 fully saturated rings. The van der Waals surface area contributed by atoms with Crippen molar-refractivity contribution >= 4 is 27.1 Å². The molecular weight excluding hydrogens is 406 g/mol. The van der Waals surface area contributed by atoms with E-state index in [0.29, 0.717) is 16.2 Å². The Kier molecular flexibility index (Phi) is 5.52. The van der Waals surface area contributed by atoms with Crippen LogP contribution in [0, 0.1) is 10.1 Å². The number of thiophene rings is 1. The molecule has 0 atom stereocenters. The number of rotatable bonds is 7. The van der Waals surface area contributed by atoms with Gasteiger partial charge in [0.15, 0.2) is 10.6 Å². The minimum Gasteiger partial charge on any atom is -0.497 e. The van der Waals surface area contributed by atoms with E-state index in [0.717, 1.165) is 0 Å². The summed E-state index contributed by atoms with van der Waals surface area (Å²) in [5.41, 5.74) is 0.127. The lowest BCUT2D eigenvalue weighted by Crippen LogP contribution is -2.12. The fraction of sp³-hybridized carbons (Fsp3) is 0.111. The van der Waals surface area contributed by atoms with E-state index in [4.69, 9.17) is 13.7 Å². The van der Waals surface area contributed by atoms with Crippen LogP contribution < -0.4 is 13.7 Å². The third-order valence-electron chi connectivity index (χ3n) is 3.80. The van der Waals surface area contributed by atoms with Gasteiger partial charge in [-0.1, -0.05) is 6.07 Å². The van der Waals surface area contributed by atoms with Gasteiger partial charge >= 0.3 is 10.1 Å². The maximum absolute atomic E-state index is 12.9. The molecule has 0 saturated carbocycles. The zero-order valence-electron chi connectivity index (χ0n) is 14.8. The highest BCUT2D eigenvalue weighted by molar-refractivity contribution is 7.87. The second-order valence-electron chi connectivity index (χ2n) is 5.47. The number of nitrogens with zero attached hydrogens (tertiary/aromatic N) is 1. The van der Waals surface area contributed by atoms with Crippen LogP contribution in [-0.2, 0) is 10.1 Å². The molecule has 3 rings (SSSR count). The highest BCUT2D eigenvalue weighted by Crippen LogP contribution is 2.38. The molecule has 0 N–H and O–H groups in total. The summed E-state index contributed by atoms with van der Waals surface area (Å²) in [5.74, 6) is 0.364. The van der Waals surface area contributed by atoms with Crippen LogP contribution in [-0.4, -0.2) is 27.6 Å². The van der Waals surface area contributed by atoms with Gasteiger partial charge in [-0.2, -0.15) is 8.42 Å². The van der Waals surface area contributed by atoms with Crippen LogP contribution in [0.15, 0.2) is 58.8 Å². The predicted molar refractivity (Wildman–Crippen MR) is 104 cm³/mol. The lowest BCUT2D eigenvalue weighted by molar-refractivity contribution is -0.384. The van der Waals surface area contributed by atoms with Crippen LogP contribution in [0.5, 0.6) is 17.2 Å². The Hall–Kier alpha value is -3.11. The molecule has 10 heteroatoms. The van der Waals surface area contributed by atoms with Gasteiger partial charge in [-0.05, 0) is 29.6 Å². The number of benzene rings is 2. The van der Waals surface area contributed by atoms with Crippen LogP contribution in [0.2, 0.25) is 0 Å². The molecule has 0 bridgehead atoms. The molecule has 0 aliphatic carbocycles. The summed E-state index contributed by atoms with van der Waals surface area (Å²) in [6.07, 6.45) is 0. The van der Waals surface area contributed by atoms with E-state index in [-0.39, 0.29) is 22.1 Å². The summed E-state index contributed by atoms with van der Waals surface area (Å²) in [5, 5.41) is 12.9. The Morgan fingerprint density at radius 3 is 2.36 bits per heavy atom. The standard InChI is InChI=1S/C18H15NO7S2/c1-24-13-6-8-16(25-2)18(11-13)28(22,23)26-15-7-5-12(19(20)21)10-14(15)17-4-3-9-27-17/h3-11H,1-2H3. The Morgan fingerprint density at radius 2 is 1.75 bits per heavy atom. The molecule has 2 aromatic carbocycles. The molecule has 146 valence electrons. The molecule has 0 aliphatic rings. The number of nitro benzene ring substituents is 1. The molecule has 0 radical (unpaired) electrons. The molecule has 0 spiro atoms. The average molecular weight is 421 g/mol. The van der Waals surface area contributed by atoms with E-state index >= 15 is 0 Å². The maximum Gasteiger partial charge on any atom is 0.343 e. The Labute approximate surface area is 165 Å². The summed E-state index contributed by atoms with van der Waals surface area (Å²) >= 11 is 1.30. The first-order valence-electron chi connectivity index (χ1n) is 7.84. The molecular formula is C18H15NO7S2. The molecule has 28 heavy (non-hydrogen) atoms. The van der Waals surface area contributed by atoms with Gasteiger partial charge < -0.3 is 13.7 Å². The van der Waals surface area contributed by atoms with E-state index in [1.54, 1.807) is 23.6 Å². The van der Waals surface area contributed by atoms with E-state index in [1.807, 2.05) is 0 Å². The summed E-state index contributed by atoms with van der Waals surface area (Å²) in [7, 11) is -1.56. The van der Waals surface area contributed by atoms with Gasteiger partial charge in [0.1, 0.15) is 11.5 Å². The minimum atomic E-state index is -4.31. The third kappa shape index (κ3) is 3.92. The fourth-order valence-electron chi connectivity index (χ4n) is 2.47. The number of hydrogen-bond acceptors (Lipinski definition) is 8. The smallest absolute Gasteiger partial charge is 0.343 e. The zero-order valence-corrected chi connectivity index (χ0v) is 16.5. The van der Waals surface area contributed by atoms with Crippen LogP contribution in [0.25, 0.3) is 10.4 Å². The second-order valence-corrected chi connectivity index (χ2v) is 7.93. The van der Waals surface area contributed by atoms with Crippen LogP contribution in [0.1, 0.15) is 0 Å². The lowest BCUT2D eigenvalue weighted by Gasteiger charge is -2.14. The van der Waals surface area contributed by atoms with Crippen molar-refractivity contribution in [2.24, 2.45) is 0 Å². The largest absolute Gasteiger partial charge is 0.497 e. The van der Waals surface area contributed by atoms with E-state index < -0.39 is 15.0 Å². The molecule has 0 aliphatic heterocycles. The molecule has 8 nitrogen and oxygen atoms in total. The highest BCUT2D eigenvalue weighted by Gasteiger charge is 2.25. The summed E-state index contributed by atoms with van der Waals surface area (Å²) in [6.45, 7) is 0. The topological polar surface area (TPSA) is 105 Å². The van der Waals surface area contributed by atoms with Crippen LogP contribution in [0.4, 0.5) is 5.69 Å². The molecule has 0 saturated heterocycles. The number of hydrogen-bond donors (Lipinski definition) is 0. The molecule has 1 aromatic heterocycles. The summed E-state index contributed by atoms with van der Waals surface area (Å²) in [6, 6.07) is 11.5. The van der Waals surface area contributed by atoms with Gasteiger partial charge in [0.25, 0.3) is 5.69 Å². The zero-order chi connectivity index (χ0) is 20.3. The second kappa shape index (κ2) is 7.87. The monoisotopic (exact) mass is 421 g/mol. The van der Waals surface area contributed by atoms with Gasteiger partial charge in [-0.25, -0.2) is 0 Å². The Morgan fingerprint density at radius 1 is 1.00 bits per heavy atom. The number of methoxy groups -OCH3 is 2. The van der Waals surface area contributed by atoms with Gasteiger partial charge in [0, 0.05) is 28.6 Å². The van der Waals surface area contributed by atoms with Crippen molar-refractivity contribution in [3.05, 3.63) is 64.0 Å². The first-order chi connectivity index (χ1) is 13.4. The Bertz CT molecular complexity index is 1110. The normalized spacial score (nSPS) is 11.1. The number of non-ortho nitro benzene ring substituents is 1. The van der Waals surface area contributed by atoms with Crippen molar-refractivity contribution in [2.45, 2.75) is 4.90 Å². The first-order valence-corrected chi connectivity index (χ1v) is 10.1. The van der Waals surface area contributed by atoms with Crippen molar-refractivity contribution in [1.29, 1.82) is 0 Å².